The molecule has 4 rings (SSSR count). The fraction of sp³-hybridized carbons (Fsp3) is 0.762. The molecule has 2 aliphatic heterocycles. The Labute approximate surface area is 167 Å². The quantitative estimate of drug-likeness (QED) is 0.857. The van der Waals surface area contributed by atoms with Crippen LogP contribution in [0.15, 0.2) is 6.20 Å². The van der Waals surface area contributed by atoms with Crippen molar-refractivity contribution in [2.75, 3.05) is 24.6 Å². The second kappa shape index (κ2) is 7.59. The van der Waals surface area contributed by atoms with Crippen LogP contribution in [-0.2, 0) is 20.7 Å². The number of nitrogens with one attached hydrogen (secondary N) is 1. The van der Waals surface area contributed by atoms with E-state index in [9.17, 15) is 4.79 Å². The Bertz CT molecular complexity index is 722. The predicted octanol–water partition coefficient (Wildman–Crippen LogP) is 2.40. The number of rotatable bonds is 3. The van der Waals surface area contributed by atoms with Gasteiger partial charge in [0.25, 0.3) is 0 Å². The Hall–Kier alpha value is -1.73. The lowest BCUT2D eigenvalue weighted by Gasteiger charge is -2.38. The zero-order valence-electron chi connectivity index (χ0n) is 17.4. The minimum Gasteiger partial charge on any atom is -0.372 e. The minimum absolute atomic E-state index is 0.00828. The molecule has 0 unspecified atom stereocenters. The molecule has 7 nitrogen and oxygen atoms in total. The van der Waals surface area contributed by atoms with E-state index >= 15 is 0 Å². The largest absolute Gasteiger partial charge is 0.372 e. The van der Waals surface area contributed by atoms with Crippen molar-refractivity contribution in [3.05, 3.63) is 17.5 Å². The molecule has 1 aromatic rings. The van der Waals surface area contributed by atoms with Gasteiger partial charge in [-0.15, -0.1) is 0 Å². The Morgan fingerprint density at radius 3 is 2.71 bits per heavy atom. The van der Waals surface area contributed by atoms with Gasteiger partial charge >= 0.3 is 0 Å². The Kier molecular flexibility index (Phi) is 5.31. The molecule has 3 heterocycles. The highest BCUT2D eigenvalue weighted by atomic mass is 16.5. The number of aromatic nitrogens is 2. The highest BCUT2D eigenvalue weighted by Crippen LogP contribution is 2.40. The van der Waals surface area contributed by atoms with Gasteiger partial charge in [0, 0.05) is 31.5 Å². The minimum atomic E-state index is -0.315. The van der Waals surface area contributed by atoms with E-state index in [0.717, 1.165) is 56.0 Å². The molecule has 0 saturated carbocycles. The molecule has 0 aromatic carbocycles. The maximum absolute atomic E-state index is 12.6. The molecular formula is C21H32N4O3. The van der Waals surface area contributed by atoms with Crippen molar-refractivity contribution in [1.82, 2.24) is 15.3 Å². The monoisotopic (exact) mass is 388 g/mol. The lowest BCUT2D eigenvalue weighted by Crippen LogP contribution is -2.46. The normalized spacial score (nSPS) is 32.1. The number of ether oxygens (including phenoxy) is 2. The van der Waals surface area contributed by atoms with E-state index in [1.165, 1.54) is 0 Å². The number of hydrogen-bond donors (Lipinski definition) is 1. The zero-order chi connectivity index (χ0) is 19.9. The van der Waals surface area contributed by atoms with Gasteiger partial charge in [0.2, 0.25) is 11.9 Å². The van der Waals surface area contributed by atoms with E-state index in [-0.39, 0.29) is 35.7 Å². The molecule has 0 radical (unpaired) electrons. The van der Waals surface area contributed by atoms with Gasteiger partial charge in [-0.05, 0) is 44.9 Å². The molecule has 1 N–H and O–H groups in total. The molecule has 7 heteroatoms. The van der Waals surface area contributed by atoms with Gasteiger partial charge in [0.05, 0.1) is 23.9 Å². The van der Waals surface area contributed by atoms with Gasteiger partial charge in [0.15, 0.2) is 0 Å². The molecule has 154 valence electrons. The molecule has 4 atom stereocenters. The van der Waals surface area contributed by atoms with Gasteiger partial charge in [-0.25, -0.2) is 9.97 Å². The highest BCUT2D eigenvalue weighted by molar-refractivity contribution is 5.81. The Balaban J connectivity index is 1.56. The third kappa shape index (κ3) is 4.15. The van der Waals surface area contributed by atoms with E-state index in [0.29, 0.717) is 6.61 Å². The van der Waals surface area contributed by atoms with Crippen molar-refractivity contribution in [1.29, 1.82) is 0 Å². The molecular weight excluding hydrogens is 356 g/mol. The molecule has 28 heavy (non-hydrogen) atoms. The molecule has 0 spiro atoms. The number of carbonyl (C=O) groups excluding carboxylic acids is 1. The zero-order valence-corrected chi connectivity index (χ0v) is 17.4. The average Bonchev–Trinajstić information content (AvgIpc) is 3.14. The molecule has 1 amide bonds. The number of fused-ring (bicyclic) bond motifs is 1. The average molecular weight is 389 g/mol. The highest BCUT2D eigenvalue weighted by Gasteiger charge is 2.36. The first-order valence-corrected chi connectivity index (χ1v) is 10.5. The summed E-state index contributed by atoms with van der Waals surface area (Å²) in [4.78, 5) is 24.4. The number of carbonyl (C=O) groups is 1. The van der Waals surface area contributed by atoms with E-state index in [2.05, 4.69) is 42.9 Å². The van der Waals surface area contributed by atoms with Crippen LogP contribution in [0.1, 0.15) is 64.3 Å². The van der Waals surface area contributed by atoms with Crippen LogP contribution in [0.5, 0.6) is 0 Å². The lowest BCUT2D eigenvalue weighted by molar-refractivity contribution is -0.131. The second-order valence-electron chi connectivity index (χ2n) is 9.34. The van der Waals surface area contributed by atoms with Crippen LogP contribution < -0.4 is 10.2 Å². The fourth-order valence-corrected chi connectivity index (χ4v) is 4.71. The standard InChI is InChI=1S/C21H32N4O3/c1-13-11-25(12-14(2)28-13)20-22-10-15-16(8-21(3,4)9-17(15)24-20)23-19(26)18-6-5-7-27-18/h10,13-14,16,18H,5-9,11-12H2,1-4H3,(H,23,26)/t13-,14+,16-,18-/m0/s1. The molecule has 0 bridgehead atoms. The molecule has 1 aromatic heterocycles. The Morgan fingerprint density at radius 2 is 2.04 bits per heavy atom. The molecule has 2 fully saturated rings. The summed E-state index contributed by atoms with van der Waals surface area (Å²) in [6.07, 6.45) is 5.46. The van der Waals surface area contributed by atoms with E-state index in [1.807, 2.05) is 6.20 Å². The van der Waals surface area contributed by atoms with Crippen LogP contribution in [0.4, 0.5) is 5.95 Å². The third-order valence-electron chi connectivity index (χ3n) is 5.91. The number of amides is 1. The molecule has 2 saturated heterocycles. The first-order chi connectivity index (χ1) is 13.3. The van der Waals surface area contributed by atoms with Crippen molar-refractivity contribution < 1.29 is 14.3 Å². The third-order valence-corrected chi connectivity index (χ3v) is 5.91. The first kappa shape index (κ1) is 19.6. The van der Waals surface area contributed by atoms with Crippen molar-refractivity contribution in [3.63, 3.8) is 0 Å². The molecule has 3 aliphatic rings. The SMILES string of the molecule is C[C@@H]1CN(c2ncc3c(n2)CC(C)(C)C[C@@H]3NC(=O)[C@@H]2CCCO2)C[C@H](C)O1. The maximum atomic E-state index is 12.6. The van der Waals surface area contributed by atoms with Gasteiger partial charge in [0.1, 0.15) is 6.10 Å². The lowest BCUT2D eigenvalue weighted by atomic mass is 9.74. The summed E-state index contributed by atoms with van der Waals surface area (Å²) in [6, 6.07) is -0.0629. The van der Waals surface area contributed by atoms with E-state index in [1.54, 1.807) is 0 Å². The summed E-state index contributed by atoms with van der Waals surface area (Å²) in [5.41, 5.74) is 2.16. The topological polar surface area (TPSA) is 76.6 Å². The van der Waals surface area contributed by atoms with Crippen LogP contribution >= 0.6 is 0 Å². The number of nitrogens with zero attached hydrogens (tertiary/aromatic N) is 3. The summed E-state index contributed by atoms with van der Waals surface area (Å²) in [7, 11) is 0. The molecule has 1 aliphatic carbocycles. The van der Waals surface area contributed by atoms with Gasteiger partial charge < -0.3 is 19.7 Å². The fourth-order valence-electron chi connectivity index (χ4n) is 4.71. The second-order valence-corrected chi connectivity index (χ2v) is 9.34. The van der Waals surface area contributed by atoms with Crippen LogP contribution in [0.25, 0.3) is 0 Å². The van der Waals surface area contributed by atoms with Crippen LogP contribution in [-0.4, -0.2) is 53.9 Å². The smallest absolute Gasteiger partial charge is 0.249 e. The van der Waals surface area contributed by atoms with Gasteiger partial charge in [-0.1, -0.05) is 13.8 Å². The van der Waals surface area contributed by atoms with Crippen LogP contribution in [0.3, 0.4) is 0 Å². The van der Waals surface area contributed by atoms with Gasteiger partial charge in [-0.2, -0.15) is 0 Å². The van der Waals surface area contributed by atoms with Crippen molar-refractivity contribution >= 4 is 11.9 Å². The Morgan fingerprint density at radius 1 is 1.29 bits per heavy atom. The van der Waals surface area contributed by atoms with Gasteiger partial charge in [-0.3, -0.25) is 4.79 Å². The van der Waals surface area contributed by atoms with Crippen molar-refractivity contribution in [2.45, 2.75) is 77.7 Å². The maximum Gasteiger partial charge on any atom is 0.249 e. The summed E-state index contributed by atoms with van der Waals surface area (Å²) >= 11 is 0. The van der Waals surface area contributed by atoms with Crippen LogP contribution in [0.2, 0.25) is 0 Å². The van der Waals surface area contributed by atoms with Crippen molar-refractivity contribution in [3.8, 4) is 0 Å². The summed E-state index contributed by atoms with van der Waals surface area (Å²) in [6.45, 7) is 10.9. The summed E-state index contributed by atoms with van der Waals surface area (Å²) < 4.78 is 11.4. The summed E-state index contributed by atoms with van der Waals surface area (Å²) in [5, 5.41) is 3.21. The van der Waals surface area contributed by atoms with E-state index < -0.39 is 0 Å². The number of hydrogen-bond acceptors (Lipinski definition) is 6. The predicted molar refractivity (Wildman–Crippen MR) is 106 cm³/mol. The van der Waals surface area contributed by atoms with Crippen LogP contribution in [0, 0.1) is 5.41 Å². The summed E-state index contributed by atoms with van der Waals surface area (Å²) in [5.74, 6) is 0.758. The van der Waals surface area contributed by atoms with E-state index in [4.69, 9.17) is 14.5 Å². The first-order valence-electron chi connectivity index (χ1n) is 10.5. The number of anilines is 1. The van der Waals surface area contributed by atoms with Crippen molar-refractivity contribution in [2.24, 2.45) is 5.41 Å². The number of morpholine rings is 1.